The zero-order chi connectivity index (χ0) is 22.5. The van der Waals surface area contributed by atoms with Crippen LogP contribution in [0.5, 0.6) is 17.2 Å². The van der Waals surface area contributed by atoms with Crippen LogP contribution in [0.1, 0.15) is 24.5 Å². The molecule has 1 aliphatic rings. The van der Waals surface area contributed by atoms with E-state index in [1.54, 1.807) is 31.1 Å². The molecule has 2 aromatic rings. The number of hydrogen-bond donors (Lipinski definition) is 0. The molecular formula is C24H30N2O5. The zero-order valence-electron chi connectivity index (χ0n) is 18.8. The van der Waals surface area contributed by atoms with Crippen molar-refractivity contribution in [2.45, 2.75) is 26.8 Å². The van der Waals surface area contributed by atoms with Crippen LogP contribution in [0, 0.1) is 12.8 Å². The van der Waals surface area contributed by atoms with Crippen LogP contribution in [-0.2, 0) is 16.1 Å². The molecule has 31 heavy (non-hydrogen) atoms. The highest BCUT2D eigenvalue weighted by atomic mass is 16.5. The van der Waals surface area contributed by atoms with Gasteiger partial charge in [-0.2, -0.15) is 0 Å². The van der Waals surface area contributed by atoms with Crippen molar-refractivity contribution in [1.82, 2.24) is 4.90 Å². The Kier molecular flexibility index (Phi) is 7.05. The molecule has 0 aliphatic carbocycles. The molecule has 1 aliphatic heterocycles. The molecule has 1 unspecified atom stereocenters. The monoisotopic (exact) mass is 426 g/mol. The van der Waals surface area contributed by atoms with Crippen molar-refractivity contribution in [3.05, 3.63) is 47.5 Å². The van der Waals surface area contributed by atoms with Gasteiger partial charge in [0.15, 0.2) is 11.5 Å². The lowest BCUT2D eigenvalue weighted by molar-refractivity contribution is -0.136. The molecule has 7 heteroatoms. The average molecular weight is 427 g/mol. The number of carbonyl (C=O) groups is 2. The molecule has 0 saturated carbocycles. The second kappa shape index (κ2) is 9.73. The van der Waals surface area contributed by atoms with Gasteiger partial charge < -0.3 is 24.0 Å². The Balaban J connectivity index is 1.76. The predicted molar refractivity (Wildman–Crippen MR) is 119 cm³/mol. The summed E-state index contributed by atoms with van der Waals surface area (Å²) in [6, 6.07) is 11.3. The molecule has 3 rings (SSSR count). The number of nitrogens with zero attached hydrogens (tertiary/aromatic N) is 2. The number of ether oxygens (including phenoxy) is 3. The molecule has 0 spiro atoms. The van der Waals surface area contributed by atoms with Crippen molar-refractivity contribution in [3.8, 4) is 17.2 Å². The number of carbonyl (C=O) groups excluding carboxylic acids is 2. The van der Waals surface area contributed by atoms with E-state index in [0.717, 1.165) is 11.1 Å². The van der Waals surface area contributed by atoms with Crippen LogP contribution in [-0.4, -0.2) is 51.1 Å². The number of amides is 2. The van der Waals surface area contributed by atoms with E-state index >= 15 is 0 Å². The molecule has 1 atom stereocenters. The minimum Gasteiger partial charge on any atom is -0.495 e. The first-order valence-electron chi connectivity index (χ1n) is 10.4. The third kappa shape index (κ3) is 4.76. The van der Waals surface area contributed by atoms with Gasteiger partial charge in [-0.15, -0.1) is 0 Å². The highest BCUT2D eigenvalue weighted by molar-refractivity contribution is 6.01. The van der Waals surface area contributed by atoms with Gasteiger partial charge >= 0.3 is 0 Å². The van der Waals surface area contributed by atoms with Crippen LogP contribution in [0.3, 0.4) is 0 Å². The van der Waals surface area contributed by atoms with Crippen molar-refractivity contribution in [2.75, 3.05) is 39.3 Å². The second-order valence-corrected chi connectivity index (χ2v) is 7.62. The smallest absolute Gasteiger partial charge is 0.228 e. The van der Waals surface area contributed by atoms with Crippen molar-refractivity contribution in [2.24, 2.45) is 5.92 Å². The molecule has 2 amide bonds. The maximum absolute atomic E-state index is 13.3. The Morgan fingerprint density at radius 1 is 1.03 bits per heavy atom. The van der Waals surface area contributed by atoms with Gasteiger partial charge in [0.1, 0.15) is 5.75 Å². The Bertz CT molecular complexity index is 959. The standard InChI is InChI=1S/C24H30N2O5/c1-6-25(14-17-8-10-21(30-4)22(12-17)31-5)24(28)18-13-23(27)26(15-18)19-11-16(2)7-9-20(19)29-3/h7-12,18H,6,13-15H2,1-5H3. The van der Waals surface area contributed by atoms with E-state index in [9.17, 15) is 9.59 Å². The van der Waals surface area contributed by atoms with Crippen molar-refractivity contribution in [1.29, 1.82) is 0 Å². The van der Waals surface area contributed by atoms with Crippen molar-refractivity contribution >= 4 is 17.5 Å². The van der Waals surface area contributed by atoms with Gasteiger partial charge in [0.25, 0.3) is 0 Å². The molecule has 2 aromatic carbocycles. The summed E-state index contributed by atoms with van der Waals surface area (Å²) in [5.74, 6) is 1.41. The number of anilines is 1. The molecule has 166 valence electrons. The molecule has 0 N–H and O–H groups in total. The number of benzene rings is 2. The Labute approximate surface area is 183 Å². The van der Waals surface area contributed by atoms with Crippen LogP contribution in [0.4, 0.5) is 5.69 Å². The van der Waals surface area contributed by atoms with Crippen LogP contribution in [0.2, 0.25) is 0 Å². The van der Waals surface area contributed by atoms with Gasteiger partial charge in [-0.1, -0.05) is 12.1 Å². The normalized spacial score (nSPS) is 15.7. The molecular weight excluding hydrogens is 396 g/mol. The topological polar surface area (TPSA) is 68.3 Å². The highest BCUT2D eigenvalue weighted by Crippen LogP contribution is 2.35. The fourth-order valence-corrected chi connectivity index (χ4v) is 3.92. The fourth-order valence-electron chi connectivity index (χ4n) is 3.92. The molecule has 7 nitrogen and oxygen atoms in total. The van der Waals surface area contributed by atoms with E-state index in [4.69, 9.17) is 14.2 Å². The Hall–Kier alpha value is -3.22. The molecule has 1 saturated heterocycles. The van der Waals surface area contributed by atoms with Crippen LogP contribution in [0.15, 0.2) is 36.4 Å². The minimum atomic E-state index is -0.391. The van der Waals surface area contributed by atoms with Gasteiger partial charge in [-0.25, -0.2) is 0 Å². The number of methoxy groups -OCH3 is 3. The van der Waals surface area contributed by atoms with E-state index in [1.807, 2.05) is 50.2 Å². The quantitative estimate of drug-likeness (QED) is 0.647. The third-order valence-electron chi connectivity index (χ3n) is 5.61. The van der Waals surface area contributed by atoms with Crippen molar-refractivity contribution in [3.63, 3.8) is 0 Å². The lowest BCUT2D eigenvalue weighted by atomic mass is 10.1. The summed E-state index contributed by atoms with van der Waals surface area (Å²) in [5.41, 5.74) is 2.68. The summed E-state index contributed by atoms with van der Waals surface area (Å²) in [6.07, 6.45) is 0.193. The van der Waals surface area contributed by atoms with Crippen LogP contribution >= 0.6 is 0 Å². The number of aryl methyl sites for hydroxylation is 1. The lowest BCUT2D eigenvalue weighted by Gasteiger charge is -2.25. The predicted octanol–water partition coefficient (Wildman–Crippen LogP) is 3.42. The Morgan fingerprint density at radius 2 is 1.71 bits per heavy atom. The van der Waals surface area contributed by atoms with E-state index in [1.165, 1.54) is 0 Å². The van der Waals surface area contributed by atoms with Crippen molar-refractivity contribution < 1.29 is 23.8 Å². The molecule has 0 aromatic heterocycles. The first-order chi connectivity index (χ1) is 14.9. The molecule has 0 bridgehead atoms. The first-order valence-corrected chi connectivity index (χ1v) is 10.4. The van der Waals surface area contributed by atoms with E-state index in [0.29, 0.717) is 42.6 Å². The summed E-state index contributed by atoms with van der Waals surface area (Å²) in [7, 11) is 4.76. The summed E-state index contributed by atoms with van der Waals surface area (Å²) < 4.78 is 16.1. The van der Waals surface area contributed by atoms with Gasteiger partial charge in [0, 0.05) is 26.1 Å². The van der Waals surface area contributed by atoms with Crippen LogP contribution < -0.4 is 19.1 Å². The second-order valence-electron chi connectivity index (χ2n) is 7.62. The van der Waals surface area contributed by atoms with Gasteiger partial charge in [-0.05, 0) is 49.2 Å². The number of hydrogen-bond acceptors (Lipinski definition) is 5. The average Bonchev–Trinajstić information content (AvgIpc) is 3.18. The van der Waals surface area contributed by atoms with Gasteiger partial charge in [0.05, 0.1) is 32.9 Å². The summed E-state index contributed by atoms with van der Waals surface area (Å²) in [6.45, 7) is 5.24. The largest absolute Gasteiger partial charge is 0.495 e. The SMILES string of the molecule is CCN(Cc1ccc(OC)c(OC)c1)C(=O)C1CC(=O)N(c2cc(C)ccc2OC)C1. The summed E-state index contributed by atoms with van der Waals surface area (Å²) in [5, 5.41) is 0. The van der Waals surface area contributed by atoms with E-state index in [-0.39, 0.29) is 18.2 Å². The zero-order valence-corrected chi connectivity index (χ0v) is 18.8. The molecule has 1 fully saturated rings. The van der Waals surface area contributed by atoms with Crippen LogP contribution in [0.25, 0.3) is 0 Å². The van der Waals surface area contributed by atoms with E-state index in [2.05, 4.69) is 0 Å². The first kappa shape index (κ1) is 22.5. The maximum Gasteiger partial charge on any atom is 0.228 e. The molecule has 1 heterocycles. The molecule has 0 radical (unpaired) electrons. The van der Waals surface area contributed by atoms with Gasteiger partial charge in [0.2, 0.25) is 11.8 Å². The number of rotatable bonds is 8. The van der Waals surface area contributed by atoms with Gasteiger partial charge in [-0.3, -0.25) is 9.59 Å². The summed E-state index contributed by atoms with van der Waals surface area (Å²) in [4.78, 5) is 29.5. The third-order valence-corrected chi connectivity index (χ3v) is 5.61. The lowest BCUT2D eigenvalue weighted by Crippen LogP contribution is -2.37. The van der Waals surface area contributed by atoms with E-state index < -0.39 is 5.92 Å². The maximum atomic E-state index is 13.3. The highest BCUT2D eigenvalue weighted by Gasteiger charge is 2.38. The summed E-state index contributed by atoms with van der Waals surface area (Å²) >= 11 is 0. The Morgan fingerprint density at radius 3 is 2.35 bits per heavy atom. The fraction of sp³-hybridized carbons (Fsp3) is 0.417. The minimum absolute atomic E-state index is 0.0280.